The largest absolute Gasteiger partial charge is 0.481 e. The summed E-state index contributed by atoms with van der Waals surface area (Å²) in [5.41, 5.74) is -0.318. The molecule has 0 amide bonds. The van der Waals surface area contributed by atoms with Gasteiger partial charge in [-0.05, 0) is 33.7 Å². The summed E-state index contributed by atoms with van der Waals surface area (Å²) in [5.74, 6) is -1.52. The molecule has 0 bridgehead atoms. The van der Waals surface area contributed by atoms with Crippen LogP contribution in [0.25, 0.3) is 0 Å². The van der Waals surface area contributed by atoms with Crippen molar-refractivity contribution in [2.24, 2.45) is 0 Å². The third-order valence-corrected chi connectivity index (χ3v) is 0.890. The summed E-state index contributed by atoms with van der Waals surface area (Å²) in [6.45, 7) is 4.60. The van der Waals surface area contributed by atoms with Crippen molar-refractivity contribution >= 4 is 5.97 Å². The van der Waals surface area contributed by atoms with Crippen LogP contribution in [-0.2, 0) is 4.79 Å². The smallest absolute Gasteiger partial charge is 0.303 e. The summed E-state index contributed by atoms with van der Waals surface area (Å²) >= 11 is 0. The highest BCUT2D eigenvalue weighted by Gasteiger charge is 2.07. The molecule has 0 radical (unpaired) electrons. The number of carboxylic acid groups (broad SMARTS) is 1. The number of aliphatic carboxylic acids is 1. The van der Waals surface area contributed by atoms with E-state index in [1.165, 1.54) is 0 Å². The summed E-state index contributed by atoms with van der Waals surface area (Å²) in [6.07, 6.45) is -2.70. The second kappa shape index (κ2) is 4.34. The fourth-order valence-electron chi connectivity index (χ4n) is 0.496. The topological polar surface area (TPSA) is 49.3 Å². The van der Waals surface area contributed by atoms with Crippen molar-refractivity contribution < 1.29 is 14.0 Å². The van der Waals surface area contributed by atoms with E-state index in [0.29, 0.717) is 0 Å². The highest BCUT2D eigenvalue weighted by molar-refractivity contribution is 5.66. The zero-order valence-corrected chi connectivity index (χ0v) is 7.14. The van der Waals surface area contributed by atoms with Gasteiger partial charge in [-0.1, -0.05) is 0 Å². The van der Waals surface area contributed by atoms with Crippen molar-refractivity contribution in [1.82, 2.24) is 5.32 Å². The third kappa shape index (κ3) is 9.43. The van der Waals surface area contributed by atoms with E-state index >= 15 is 0 Å². The molecule has 0 aromatic rings. The van der Waals surface area contributed by atoms with Gasteiger partial charge in [0.15, 0.2) is 0 Å². The first-order chi connectivity index (χ1) is 6.04. The standard InChI is InChI=1S/C8H17NO2/c1-8(2,3)9-6-4-5-7(10)11/h9H,4-6H2,1-3H3,(H,10,11)/i5D2,6D. The molecule has 0 aliphatic rings. The highest BCUT2D eigenvalue weighted by Crippen LogP contribution is 1.98. The van der Waals surface area contributed by atoms with E-state index < -0.39 is 18.9 Å². The van der Waals surface area contributed by atoms with Crippen LogP contribution in [0, 0.1) is 0 Å². The first-order valence-electron chi connectivity index (χ1n) is 5.06. The Morgan fingerprint density at radius 2 is 2.18 bits per heavy atom. The molecule has 0 aliphatic heterocycles. The van der Waals surface area contributed by atoms with Gasteiger partial charge >= 0.3 is 5.97 Å². The van der Waals surface area contributed by atoms with Crippen molar-refractivity contribution in [3.63, 3.8) is 0 Å². The van der Waals surface area contributed by atoms with Gasteiger partial charge in [-0.2, -0.15) is 0 Å². The fraction of sp³-hybridized carbons (Fsp3) is 0.875. The summed E-state index contributed by atoms with van der Waals surface area (Å²) in [6, 6.07) is 0. The fourth-order valence-corrected chi connectivity index (χ4v) is 0.496. The Kier molecular flexibility index (Phi) is 2.37. The second-order valence-corrected chi connectivity index (χ2v) is 3.28. The van der Waals surface area contributed by atoms with Gasteiger partial charge in [0, 0.05) is 16.0 Å². The molecule has 0 aromatic heterocycles. The number of carboxylic acids is 1. The normalized spacial score (nSPS) is 19.7. The minimum Gasteiger partial charge on any atom is -0.481 e. The quantitative estimate of drug-likeness (QED) is 0.654. The van der Waals surface area contributed by atoms with E-state index in [9.17, 15) is 4.79 Å². The Balaban J connectivity index is 4.19. The molecule has 1 unspecified atom stereocenters. The number of carbonyl (C=O) groups is 1. The molecule has 0 fully saturated rings. The molecular formula is C8H17NO2. The lowest BCUT2D eigenvalue weighted by Crippen LogP contribution is -2.36. The number of hydrogen-bond acceptors (Lipinski definition) is 2. The van der Waals surface area contributed by atoms with Gasteiger partial charge in [-0.15, -0.1) is 0 Å². The average Bonchev–Trinajstić information content (AvgIpc) is 1.79. The van der Waals surface area contributed by atoms with Crippen LogP contribution in [0.3, 0.4) is 0 Å². The summed E-state index contributed by atoms with van der Waals surface area (Å²) in [7, 11) is 0. The Morgan fingerprint density at radius 3 is 2.55 bits per heavy atom. The molecule has 0 rings (SSSR count). The SMILES string of the molecule is [2H]C(CC([2H])([2H])C(=O)O)NC(C)(C)C. The third-order valence-electron chi connectivity index (χ3n) is 0.890. The van der Waals surface area contributed by atoms with E-state index in [2.05, 4.69) is 5.32 Å². The van der Waals surface area contributed by atoms with Crippen molar-refractivity contribution in [2.75, 3.05) is 6.52 Å². The molecule has 3 heteroatoms. The highest BCUT2D eigenvalue weighted by atomic mass is 16.4. The lowest BCUT2D eigenvalue weighted by Gasteiger charge is -2.19. The summed E-state index contributed by atoms with van der Waals surface area (Å²) in [5, 5.41) is 11.3. The summed E-state index contributed by atoms with van der Waals surface area (Å²) < 4.78 is 21.7. The van der Waals surface area contributed by atoms with Gasteiger partial charge < -0.3 is 10.4 Å². The van der Waals surface area contributed by atoms with Crippen LogP contribution in [0.5, 0.6) is 0 Å². The minimum atomic E-state index is -2.34. The molecule has 0 aliphatic carbocycles. The van der Waals surface area contributed by atoms with Crippen LogP contribution < -0.4 is 5.32 Å². The van der Waals surface area contributed by atoms with E-state index in [1.807, 2.05) is 20.8 Å². The van der Waals surface area contributed by atoms with Crippen LogP contribution in [0.4, 0.5) is 0 Å². The van der Waals surface area contributed by atoms with Crippen molar-refractivity contribution in [3.05, 3.63) is 0 Å². The van der Waals surface area contributed by atoms with Gasteiger partial charge in [-0.25, -0.2) is 0 Å². The van der Waals surface area contributed by atoms with Crippen molar-refractivity contribution in [1.29, 1.82) is 0 Å². The second-order valence-electron chi connectivity index (χ2n) is 3.28. The van der Waals surface area contributed by atoms with Gasteiger partial charge in [0.05, 0.1) is 0 Å². The molecule has 3 nitrogen and oxygen atoms in total. The molecule has 0 saturated heterocycles. The number of rotatable bonds is 4. The van der Waals surface area contributed by atoms with E-state index in [1.54, 1.807) is 0 Å². The van der Waals surface area contributed by atoms with Crippen molar-refractivity contribution in [3.8, 4) is 0 Å². The molecule has 1 atom stereocenters. The van der Waals surface area contributed by atoms with Gasteiger partial charge in [0.25, 0.3) is 0 Å². The maximum Gasteiger partial charge on any atom is 0.303 e. The first kappa shape index (κ1) is 6.00. The minimum absolute atomic E-state index is 0.318. The molecule has 0 heterocycles. The molecule has 0 aromatic carbocycles. The van der Waals surface area contributed by atoms with Gasteiger partial charge in [-0.3, -0.25) is 4.79 Å². The number of hydrogen-bond donors (Lipinski definition) is 2. The maximum atomic E-state index is 10.4. The van der Waals surface area contributed by atoms with E-state index in [-0.39, 0.29) is 12.0 Å². The predicted molar refractivity (Wildman–Crippen MR) is 44.6 cm³/mol. The van der Waals surface area contributed by atoms with Crippen LogP contribution in [0.1, 0.15) is 37.7 Å². The Morgan fingerprint density at radius 1 is 1.64 bits per heavy atom. The predicted octanol–water partition coefficient (Wildman–Crippen LogP) is 1.24. The number of nitrogens with one attached hydrogen (secondary N) is 1. The Hall–Kier alpha value is -0.570. The average molecular weight is 162 g/mol. The van der Waals surface area contributed by atoms with Crippen LogP contribution >= 0.6 is 0 Å². The maximum absolute atomic E-state index is 10.4. The lowest BCUT2D eigenvalue weighted by molar-refractivity contribution is -0.137. The molecular weight excluding hydrogens is 142 g/mol. The Bertz CT molecular complexity index is 213. The Labute approximate surface area is 72.0 Å². The van der Waals surface area contributed by atoms with Crippen LogP contribution in [0.15, 0.2) is 0 Å². The molecule has 0 saturated carbocycles. The lowest BCUT2D eigenvalue weighted by atomic mass is 10.1. The molecule has 0 spiro atoms. The van der Waals surface area contributed by atoms with E-state index in [0.717, 1.165) is 0 Å². The molecule has 2 N–H and O–H groups in total. The van der Waals surface area contributed by atoms with Gasteiger partial charge in [0.2, 0.25) is 0 Å². The molecule has 11 heavy (non-hydrogen) atoms. The van der Waals surface area contributed by atoms with Crippen molar-refractivity contribution in [2.45, 2.75) is 39.1 Å². The van der Waals surface area contributed by atoms with Gasteiger partial charge in [0.1, 0.15) is 0 Å². The van der Waals surface area contributed by atoms with E-state index in [4.69, 9.17) is 9.22 Å². The zero-order chi connectivity index (χ0) is 11.6. The first-order valence-corrected chi connectivity index (χ1v) is 3.48. The monoisotopic (exact) mass is 162 g/mol. The summed E-state index contributed by atoms with van der Waals surface area (Å²) in [4.78, 5) is 10.4. The van der Waals surface area contributed by atoms with Crippen LogP contribution in [0.2, 0.25) is 0 Å². The zero-order valence-electron chi connectivity index (χ0n) is 10.1. The van der Waals surface area contributed by atoms with Crippen LogP contribution in [-0.4, -0.2) is 23.1 Å². The molecule has 66 valence electrons.